The van der Waals surface area contributed by atoms with Crippen LogP contribution >= 0.6 is 0 Å². The minimum atomic E-state index is -4.52. The number of aromatic amines is 1. The highest BCUT2D eigenvalue weighted by Crippen LogP contribution is 2.33. The summed E-state index contributed by atoms with van der Waals surface area (Å²) in [7, 11) is 0. The number of amides is 1. The van der Waals surface area contributed by atoms with E-state index in [1.807, 2.05) is 18.2 Å². The van der Waals surface area contributed by atoms with Gasteiger partial charge in [0.05, 0.1) is 41.9 Å². The Bertz CT molecular complexity index is 1180. The number of para-hydroxylation sites is 1. The van der Waals surface area contributed by atoms with Crippen LogP contribution in [0, 0.1) is 0 Å². The normalized spacial score (nSPS) is 21.8. The summed E-state index contributed by atoms with van der Waals surface area (Å²) in [5.41, 5.74) is 0.0373. The predicted molar refractivity (Wildman–Crippen MR) is 125 cm³/mol. The Morgan fingerprint density at radius 1 is 1.17 bits per heavy atom. The number of alkyl halides is 3. The van der Waals surface area contributed by atoms with E-state index in [-0.39, 0.29) is 41.3 Å². The Labute approximate surface area is 206 Å². The van der Waals surface area contributed by atoms with Crippen LogP contribution in [0.3, 0.4) is 0 Å². The number of halogens is 3. The van der Waals surface area contributed by atoms with E-state index in [9.17, 15) is 18.0 Å². The fourth-order valence-corrected chi connectivity index (χ4v) is 4.94. The maximum Gasteiger partial charge on any atom is 0.418 e. The number of fused-ring (bicyclic) bond motifs is 1. The van der Waals surface area contributed by atoms with Crippen molar-refractivity contribution in [3.8, 4) is 0 Å². The fourth-order valence-electron chi connectivity index (χ4n) is 4.94. The molecule has 2 saturated heterocycles. The Hall–Kier alpha value is -3.02. The van der Waals surface area contributed by atoms with E-state index >= 15 is 0 Å². The number of carbonyl (C=O) groups is 1. The number of aromatic nitrogens is 3. The van der Waals surface area contributed by atoms with E-state index in [0.29, 0.717) is 39.0 Å². The minimum Gasteiger partial charge on any atom is -0.381 e. The van der Waals surface area contributed by atoms with Crippen molar-refractivity contribution in [2.45, 2.75) is 50.2 Å². The largest absolute Gasteiger partial charge is 0.418 e. The highest BCUT2D eigenvalue weighted by Gasteiger charge is 2.38. The van der Waals surface area contributed by atoms with Crippen LogP contribution in [0.1, 0.15) is 29.9 Å². The summed E-state index contributed by atoms with van der Waals surface area (Å²) < 4.78 is 51.6. The predicted octanol–water partition coefficient (Wildman–Crippen LogP) is 3.08. The number of hydrogen-bond donors (Lipinski definition) is 2. The van der Waals surface area contributed by atoms with Crippen molar-refractivity contribution in [1.82, 2.24) is 25.2 Å². The molecule has 1 amide bonds. The lowest BCUT2D eigenvalue weighted by Crippen LogP contribution is -2.45. The molecule has 2 aromatic heterocycles. The summed E-state index contributed by atoms with van der Waals surface area (Å²) in [5, 5.41) is 3.03. The molecule has 0 bridgehead atoms. The smallest absolute Gasteiger partial charge is 0.381 e. The molecule has 8 nitrogen and oxygen atoms in total. The topological polar surface area (TPSA) is 92.4 Å². The van der Waals surface area contributed by atoms with Crippen LogP contribution in [-0.4, -0.2) is 70.2 Å². The quantitative estimate of drug-likeness (QED) is 0.515. The SMILES string of the molecule is O=C(Cc1nc2c(C(F)(F)F)cccc2[nH]1)NC1CN(C2CCOCC2)C[C@@H]1OCc1ccccn1. The standard InChI is InChI=1S/C25H28F3N5O3/c26-25(27,28)18-5-3-6-19-24(18)32-22(30-19)12-23(34)31-20-13-33(17-7-10-35-11-8-17)14-21(20)36-15-16-4-1-2-9-29-16/h1-6,9,17,20-21H,7-8,10-15H2,(H,30,32)(H,31,34)/t20?,21-/m0/s1. The second-order valence-corrected chi connectivity index (χ2v) is 9.20. The second-order valence-electron chi connectivity index (χ2n) is 9.20. The van der Waals surface area contributed by atoms with E-state index in [4.69, 9.17) is 9.47 Å². The molecule has 2 N–H and O–H groups in total. The van der Waals surface area contributed by atoms with Gasteiger partial charge in [0, 0.05) is 38.5 Å². The zero-order valence-corrected chi connectivity index (χ0v) is 19.6. The van der Waals surface area contributed by atoms with Crippen molar-refractivity contribution in [2.24, 2.45) is 0 Å². The van der Waals surface area contributed by atoms with Gasteiger partial charge in [0.2, 0.25) is 5.91 Å². The van der Waals surface area contributed by atoms with Crippen LogP contribution in [0.15, 0.2) is 42.6 Å². The first kappa shape index (κ1) is 24.7. The number of ether oxygens (including phenoxy) is 2. The molecule has 2 atom stereocenters. The third-order valence-electron chi connectivity index (χ3n) is 6.71. The lowest BCUT2D eigenvalue weighted by atomic mass is 10.1. The summed E-state index contributed by atoms with van der Waals surface area (Å²) in [5.74, 6) is -0.141. The van der Waals surface area contributed by atoms with Gasteiger partial charge < -0.3 is 19.8 Å². The first-order chi connectivity index (χ1) is 17.4. The van der Waals surface area contributed by atoms with Crippen molar-refractivity contribution in [3.63, 3.8) is 0 Å². The average molecular weight is 504 g/mol. The molecule has 11 heteroatoms. The first-order valence-corrected chi connectivity index (χ1v) is 12.0. The highest BCUT2D eigenvalue weighted by atomic mass is 19.4. The van der Waals surface area contributed by atoms with E-state index in [2.05, 4.69) is 25.2 Å². The van der Waals surface area contributed by atoms with Crippen LogP contribution in [0.2, 0.25) is 0 Å². The molecule has 0 radical (unpaired) electrons. The number of H-pyrrole nitrogens is 1. The molecule has 0 spiro atoms. The highest BCUT2D eigenvalue weighted by molar-refractivity contribution is 5.82. The molecular weight excluding hydrogens is 475 g/mol. The van der Waals surface area contributed by atoms with Crippen molar-refractivity contribution in [3.05, 3.63) is 59.7 Å². The minimum absolute atomic E-state index is 0.160. The maximum atomic E-state index is 13.3. The van der Waals surface area contributed by atoms with Crippen LogP contribution in [0.25, 0.3) is 11.0 Å². The van der Waals surface area contributed by atoms with E-state index in [1.165, 1.54) is 12.1 Å². The molecule has 2 aliphatic rings. The van der Waals surface area contributed by atoms with Crippen molar-refractivity contribution in [1.29, 1.82) is 0 Å². The number of likely N-dealkylation sites (tertiary alicyclic amines) is 1. The summed E-state index contributed by atoms with van der Waals surface area (Å²) in [4.78, 5) is 26.5. The van der Waals surface area contributed by atoms with Gasteiger partial charge >= 0.3 is 6.18 Å². The van der Waals surface area contributed by atoms with Gasteiger partial charge in [0.15, 0.2) is 0 Å². The number of benzene rings is 1. The van der Waals surface area contributed by atoms with Crippen molar-refractivity contribution in [2.75, 3.05) is 26.3 Å². The summed E-state index contributed by atoms with van der Waals surface area (Å²) in [6.45, 7) is 3.04. The first-order valence-electron chi connectivity index (χ1n) is 12.0. The maximum absolute atomic E-state index is 13.3. The fraction of sp³-hybridized carbons (Fsp3) is 0.480. The third-order valence-corrected chi connectivity index (χ3v) is 6.71. The molecule has 1 unspecified atom stereocenters. The molecule has 2 fully saturated rings. The van der Waals surface area contributed by atoms with Gasteiger partial charge in [-0.3, -0.25) is 14.7 Å². The monoisotopic (exact) mass is 503 g/mol. The van der Waals surface area contributed by atoms with E-state index in [1.54, 1.807) is 6.20 Å². The number of nitrogens with one attached hydrogen (secondary N) is 2. The zero-order valence-electron chi connectivity index (χ0n) is 19.6. The lowest BCUT2D eigenvalue weighted by molar-refractivity contribution is -0.136. The molecule has 4 heterocycles. The van der Waals surface area contributed by atoms with Gasteiger partial charge in [-0.05, 0) is 37.1 Å². The van der Waals surface area contributed by atoms with Gasteiger partial charge in [-0.15, -0.1) is 0 Å². The van der Waals surface area contributed by atoms with E-state index in [0.717, 1.165) is 24.6 Å². The molecule has 1 aromatic carbocycles. The zero-order chi connectivity index (χ0) is 25.1. The van der Waals surface area contributed by atoms with Crippen molar-refractivity contribution >= 4 is 16.9 Å². The summed E-state index contributed by atoms with van der Waals surface area (Å²) in [6.07, 6.45) is -1.37. The summed E-state index contributed by atoms with van der Waals surface area (Å²) >= 11 is 0. The Morgan fingerprint density at radius 3 is 2.75 bits per heavy atom. The second kappa shape index (κ2) is 10.5. The molecular formula is C25H28F3N5O3. The third kappa shape index (κ3) is 5.69. The summed E-state index contributed by atoms with van der Waals surface area (Å²) in [6, 6.07) is 9.53. The molecule has 0 aliphatic carbocycles. The number of carbonyl (C=O) groups excluding carboxylic acids is 1. The number of rotatable bonds is 7. The van der Waals surface area contributed by atoms with Crippen LogP contribution in [-0.2, 0) is 33.5 Å². The average Bonchev–Trinajstić information content (AvgIpc) is 3.46. The molecule has 36 heavy (non-hydrogen) atoms. The van der Waals surface area contributed by atoms with Gasteiger partial charge in [0.25, 0.3) is 0 Å². The molecule has 0 saturated carbocycles. The molecule has 3 aromatic rings. The van der Waals surface area contributed by atoms with Crippen molar-refractivity contribution < 1.29 is 27.4 Å². The number of pyridine rings is 1. The van der Waals surface area contributed by atoms with Gasteiger partial charge in [-0.25, -0.2) is 4.98 Å². The van der Waals surface area contributed by atoms with Crippen LogP contribution < -0.4 is 5.32 Å². The Morgan fingerprint density at radius 2 is 2.00 bits per heavy atom. The van der Waals surface area contributed by atoms with Crippen LogP contribution in [0.4, 0.5) is 13.2 Å². The van der Waals surface area contributed by atoms with Gasteiger partial charge in [-0.1, -0.05) is 12.1 Å². The van der Waals surface area contributed by atoms with Gasteiger partial charge in [0.1, 0.15) is 11.3 Å². The number of imidazole rings is 1. The molecule has 192 valence electrons. The Kier molecular flexibility index (Phi) is 7.22. The van der Waals surface area contributed by atoms with E-state index < -0.39 is 11.7 Å². The lowest BCUT2D eigenvalue weighted by Gasteiger charge is -2.30. The molecule has 2 aliphatic heterocycles. The Balaban J connectivity index is 1.27. The molecule has 5 rings (SSSR count). The van der Waals surface area contributed by atoms with Gasteiger partial charge in [-0.2, -0.15) is 13.2 Å². The number of hydrogen-bond acceptors (Lipinski definition) is 6. The van der Waals surface area contributed by atoms with Crippen LogP contribution in [0.5, 0.6) is 0 Å². The number of nitrogens with zero attached hydrogens (tertiary/aromatic N) is 3.